The predicted octanol–water partition coefficient (Wildman–Crippen LogP) is 1.82. The molecular weight excluding hydrogens is 421 g/mol. The van der Waals surface area contributed by atoms with Crippen molar-refractivity contribution in [3.05, 3.63) is 53.8 Å². The fourth-order valence-corrected chi connectivity index (χ4v) is 2.64. The summed E-state index contributed by atoms with van der Waals surface area (Å²) in [5.41, 5.74) is 0.159. The summed E-state index contributed by atoms with van der Waals surface area (Å²) in [5.74, 6) is -1.79. The van der Waals surface area contributed by atoms with Crippen molar-refractivity contribution in [3.63, 3.8) is 0 Å². The van der Waals surface area contributed by atoms with E-state index in [1.165, 1.54) is 36.4 Å². The van der Waals surface area contributed by atoms with E-state index in [4.69, 9.17) is 4.74 Å². The van der Waals surface area contributed by atoms with Crippen molar-refractivity contribution in [1.29, 1.82) is 0 Å². The van der Waals surface area contributed by atoms with Gasteiger partial charge >= 0.3 is 6.29 Å². The zero-order chi connectivity index (χ0) is 22.4. The molecule has 0 bridgehead atoms. The van der Waals surface area contributed by atoms with Crippen LogP contribution in [-0.2, 0) is 4.79 Å². The smallest absolute Gasteiger partial charge is 0.484 e. The molecule has 0 saturated heterocycles. The zero-order valence-corrected chi connectivity index (χ0v) is 16.1. The molecule has 0 aliphatic carbocycles. The summed E-state index contributed by atoms with van der Waals surface area (Å²) in [7, 11) is 0. The van der Waals surface area contributed by atoms with Gasteiger partial charge in [0.15, 0.2) is 18.1 Å². The number of rotatable bonds is 9. The molecule has 0 radical (unpaired) electrons. The minimum absolute atomic E-state index is 0.0919. The third-order valence-corrected chi connectivity index (χ3v) is 4.13. The van der Waals surface area contributed by atoms with Crippen LogP contribution in [0.3, 0.4) is 0 Å². The molecule has 2 amide bonds. The SMILES string of the molecule is O=C(COc1ccc2c(c1)OC(F)(F)O2)NC[C@@H](O)CCNC(=O)c1cccc(F)c1. The Morgan fingerprint density at radius 3 is 2.65 bits per heavy atom. The van der Waals surface area contributed by atoms with E-state index in [2.05, 4.69) is 20.1 Å². The highest BCUT2D eigenvalue weighted by atomic mass is 19.3. The molecule has 31 heavy (non-hydrogen) atoms. The Balaban J connectivity index is 1.33. The van der Waals surface area contributed by atoms with E-state index in [1.807, 2.05) is 0 Å². The number of aliphatic hydroxyl groups is 1. The van der Waals surface area contributed by atoms with Crippen LogP contribution in [0.15, 0.2) is 42.5 Å². The van der Waals surface area contributed by atoms with Crippen molar-refractivity contribution in [2.45, 2.75) is 18.8 Å². The molecule has 3 N–H and O–H groups in total. The van der Waals surface area contributed by atoms with Crippen LogP contribution >= 0.6 is 0 Å². The Bertz CT molecular complexity index is 956. The van der Waals surface area contributed by atoms with Crippen molar-refractivity contribution in [2.24, 2.45) is 0 Å². The van der Waals surface area contributed by atoms with Crippen LogP contribution < -0.4 is 24.8 Å². The van der Waals surface area contributed by atoms with Crippen LogP contribution in [0, 0.1) is 5.82 Å². The van der Waals surface area contributed by atoms with E-state index in [0.717, 1.165) is 6.07 Å². The number of alkyl halides is 2. The molecule has 3 rings (SSSR count). The lowest BCUT2D eigenvalue weighted by Gasteiger charge is -2.13. The number of fused-ring (bicyclic) bond motifs is 1. The predicted molar refractivity (Wildman–Crippen MR) is 101 cm³/mol. The van der Waals surface area contributed by atoms with Crippen LogP contribution in [0.25, 0.3) is 0 Å². The van der Waals surface area contributed by atoms with Crippen molar-refractivity contribution < 1.29 is 42.1 Å². The number of carbonyl (C=O) groups excluding carboxylic acids is 2. The van der Waals surface area contributed by atoms with Gasteiger partial charge in [0.1, 0.15) is 11.6 Å². The average Bonchev–Trinajstić information content (AvgIpc) is 3.03. The second kappa shape index (κ2) is 9.56. The minimum atomic E-state index is -3.74. The summed E-state index contributed by atoms with van der Waals surface area (Å²) in [6.45, 7) is -0.394. The average molecular weight is 440 g/mol. The van der Waals surface area contributed by atoms with Crippen molar-refractivity contribution in [2.75, 3.05) is 19.7 Å². The van der Waals surface area contributed by atoms with Crippen LogP contribution in [0.5, 0.6) is 17.2 Å². The topological polar surface area (TPSA) is 106 Å². The molecule has 1 aliphatic rings. The molecule has 0 saturated carbocycles. The second-order valence-corrected chi connectivity index (χ2v) is 6.58. The monoisotopic (exact) mass is 440 g/mol. The van der Waals surface area contributed by atoms with E-state index >= 15 is 0 Å². The quantitative estimate of drug-likeness (QED) is 0.550. The van der Waals surface area contributed by atoms with Crippen molar-refractivity contribution >= 4 is 11.8 Å². The lowest BCUT2D eigenvalue weighted by Crippen LogP contribution is -2.37. The first-order valence-corrected chi connectivity index (χ1v) is 9.23. The summed E-state index contributed by atoms with van der Waals surface area (Å²) in [5, 5.41) is 14.9. The molecule has 2 aromatic carbocycles. The van der Waals surface area contributed by atoms with E-state index in [1.54, 1.807) is 0 Å². The van der Waals surface area contributed by atoms with Gasteiger partial charge in [-0.25, -0.2) is 4.39 Å². The Kier molecular flexibility index (Phi) is 6.85. The van der Waals surface area contributed by atoms with E-state index < -0.39 is 36.6 Å². The fourth-order valence-electron chi connectivity index (χ4n) is 2.64. The van der Waals surface area contributed by atoms with Gasteiger partial charge in [-0.3, -0.25) is 9.59 Å². The maximum absolute atomic E-state index is 13.1. The molecule has 0 aromatic heterocycles. The maximum Gasteiger partial charge on any atom is 0.586 e. The molecule has 1 aliphatic heterocycles. The number of amides is 2. The zero-order valence-electron chi connectivity index (χ0n) is 16.1. The maximum atomic E-state index is 13.1. The fraction of sp³-hybridized carbons (Fsp3) is 0.300. The summed E-state index contributed by atoms with van der Waals surface area (Å²) in [6, 6.07) is 8.92. The number of ether oxygens (including phenoxy) is 3. The highest BCUT2D eigenvalue weighted by molar-refractivity contribution is 5.94. The van der Waals surface area contributed by atoms with Gasteiger partial charge in [-0.1, -0.05) is 6.07 Å². The largest absolute Gasteiger partial charge is 0.586 e. The highest BCUT2D eigenvalue weighted by Crippen LogP contribution is 2.42. The number of nitrogens with one attached hydrogen (secondary N) is 2. The number of halogens is 3. The Morgan fingerprint density at radius 1 is 1.10 bits per heavy atom. The van der Waals surface area contributed by atoms with Crippen molar-refractivity contribution in [3.8, 4) is 17.2 Å². The lowest BCUT2D eigenvalue weighted by atomic mass is 10.2. The second-order valence-electron chi connectivity index (χ2n) is 6.58. The van der Waals surface area contributed by atoms with E-state index in [0.29, 0.717) is 0 Å². The van der Waals surface area contributed by atoms with E-state index in [-0.39, 0.29) is 42.3 Å². The Labute approximate surface area is 174 Å². The number of carbonyl (C=O) groups is 2. The van der Waals surface area contributed by atoms with Gasteiger partial charge in [-0.2, -0.15) is 0 Å². The van der Waals surface area contributed by atoms with Gasteiger partial charge in [0.05, 0.1) is 6.10 Å². The molecule has 11 heteroatoms. The van der Waals surface area contributed by atoms with Crippen LogP contribution in [0.4, 0.5) is 13.2 Å². The lowest BCUT2D eigenvalue weighted by molar-refractivity contribution is -0.286. The first-order valence-electron chi connectivity index (χ1n) is 9.23. The van der Waals surface area contributed by atoms with Gasteiger partial charge < -0.3 is 30.0 Å². The minimum Gasteiger partial charge on any atom is -0.484 e. The van der Waals surface area contributed by atoms with Crippen LogP contribution in [-0.4, -0.2) is 49.0 Å². The highest BCUT2D eigenvalue weighted by Gasteiger charge is 2.43. The Hall–Kier alpha value is -3.47. The summed E-state index contributed by atoms with van der Waals surface area (Å²) in [4.78, 5) is 23.7. The number of hydrogen-bond acceptors (Lipinski definition) is 6. The van der Waals surface area contributed by atoms with Gasteiger partial charge in [0.25, 0.3) is 11.8 Å². The molecule has 166 valence electrons. The summed E-state index contributed by atoms with van der Waals surface area (Å²) < 4.78 is 52.8. The van der Waals surface area contributed by atoms with Crippen LogP contribution in [0.2, 0.25) is 0 Å². The standard InChI is InChI=1S/C20H19F3N2O6/c21-13-3-1-2-12(8-13)19(28)24-7-6-14(26)10-25-18(27)11-29-15-4-5-16-17(9-15)31-20(22,23)30-16/h1-5,8-9,14,26H,6-7,10-11H2,(H,24,28)(H,25,27)/t14-/m0/s1. The first-order chi connectivity index (χ1) is 14.7. The number of benzene rings is 2. The summed E-state index contributed by atoms with van der Waals surface area (Å²) in [6.07, 6.45) is -4.53. The van der Waals surface area contributed by atoms with Gasteiger partial charge in [-0.15, -0.1) is 8.78 Å². The third-order valence-electron chi connectivity index (χ3n) is 4.13. The first kappa shape index (κ1) is 22.2. The van der Waals surface area contributed by atoms with Crippen molar-refractivity contribution in [1.82, 2.24) is 10.6 Å². The summed E-state index contributed by atoms with van der Waals surface area (Å²) >= 11 is 0. The molecular formula is C20H19F3N2O6. The normalized spacial score (nSPS) is 14.6. The molecule has 0 unspecified atom stereocenters. The number of hydrogen-bond donors (Lipinski definition) is 3. The molecule has 8 nitrogen and oxygen atoms in total. The molecule has 1 heterocycles. The molecule has 0 spiro atoms. The number of aliphatic hydroxyl groups excluding tert-OH is 1. The van der Waals surface area contributed by atoms with E-state index in [9.17, 15) is 27.9 Å². The molecule has 2 aromatic rings. The van der Waals surface area contributed by atoms with Crippen LogP contribution in [0.1, 0.15) is 16.8 Å². The third kappa shape index (κ3) is 6.51. The van der Waals surface area contributed by atoms with Gasteiger partial charge in [0, 0.05) is 24.7 Å². The van der Waals surface area contributed by atoms with Gasteiger partial charge in [0.2, 0.25) is 0 Å². The van der Waals surface area contributed by atoms with Gasteiger partial charge in [-0.05, 0) is 36.8 Å². The Morgan fingerprint density at radius 2 is 1.87 bits per heavy atom. The molecule has 1 atom stereocenters. The molecule has 0 fully saturated rings.